The zero-order valence-electron chi connectivity index (χ0n) is 11.0. The van der Waals surface area contributed by atoms with Gasteiger partial charge in [0.1, 0.15) is 5.69 Å². The fraction of sp³-hybridized carbons (Fsp3) is 0.333. The van der Waals surface area contributed by atoms with Crippen LogP contribution in [0.2, 0.25) is 0 Å². The lowest BCUT2D eigenvalue weighted by atomic mass is 10.3. The van der Waals surface area contributed by atoms with Crippen molar-refractivity contribution in [3.8, 4) is 0 Å². The van der Waals surface area contributed by atoms with Gasteiger partial charge in [0.25, 0.3) is 5.91 Å². The molecule has 6 nitrogen and oxygen atoms in total. The third kappa shape index (κ3) is 3.40. The fourth-order valence-corrected chi connectivity index (χ4v) is 2.82. The van der Waals surface area contributed by atoms with Gasteiger partial charge in [0.05, 0.1) is 24.4 Å². The van der Waals surface area contributed by atoms with Crippen LogP contribution in [0.25, 0.3) is 0 Å². The van der Waals surface area contributed by atoms with Gasteiger partial charge in [-0.3, -0.25) is 4.79 Å². The number of esters is 1. The summed E-state index contributed by atoms with van der Waals surface area (Å²) in [7, 11) is 0. The Morgan fingerprint density at radius 3 is 2.85 bits per heavy atom. The summed E-state index contributed by atoms with van der Waals surface area (Å²) >= 11 is 2.58. The molecule has 0 aliphatic heterocycles. The molecule has 1 N–H and O–H groups in total. The molecular formula is C12H13N3O3S2. The molecule has 0 aromatic carbocycles. The second kappa shape index (κ2) is 6.58. The van der Waals surface area contributed by atoms with Crippen LogP contribution in [0.5, 0.6) is 0 Å². The van der Waals surface area contributed by atoms with E-state index < -0.39 is 5.97 Å². The van der Waals surface area contributed by atoms with E-state index in [0.29, 0.717) is 6.54 Å². The van der Waals surface area contributed by atoms with E-state index in [1.165, 1.54) is 11.3 Å². The highest BCUT2D eigenvalue weighted by molar-refractivity contribution is 7.11. The SMILES string of the molecule is CCOC(=O)c1nc(C(=O)NCc2scnc2C)cs1. The lowest BCUT2D eigenvalue weighted by molar-refractivity contribution is 0.0526. The molecule has 0 radical (unpaired) electrons. The van der Waals surface area contributed by atoms with E-state index in [1.54, 1.807) is 17.8 Å². The summed E-state index contributed by atoms with van der Waals surface area (Å²) in [5, 5.41) is 4.48. The van der Waals surface area contributed by atoms with Crippen molar-refractivity contribution in [2.24, 2.45) is 0 Å². The normalized spacial score (nSPS) is 10.3. The molecule has 0 saturated heterocycles. The van der Waals surface area contributed by atoms with Gasteiger partial charge < -0.3 is 10.1 Å². The zero-order chi connectivity index (χ0) is 14.5. The summed E-state index contributed by atoms with van der Waals surface area (Å²) in [6, 6.07) is 0. The van der Waals surface area contributed by atoms with E-state index in [1.807, 2.05) is 6.92 Å². The van der Waals surface area contributed by atoms with Crippen molar-refractivity contribution in [3.05, 3.63) is 32.2 Å². The number of hydrogen-bond donors (Lipinski definition) is 1. The molecule has 8 heteroatoms. The maximum absolute atomic E-state index is 11.9. The monoisotopic (exact) mass is 311 g/mol. The van der Waals surface area contributed by atoms with Crippen molar-refractivity contribution < 1.29 is 14.3 Å². The first kappa shape index (κ1) is 14.6. The number of aryl methyl sites for hydroxylation is 1. The average Bonchev–Trinajstić information content (AvgIpc) is 3.05. The van der Waals surface area contributed by atoms with Gasteiger partial charge in [-0.2, -0.15) is 0 Å². The summed E-state index contributed by atoms with van der Waals surface area (Å²) in [5.41, 5.74) is 2.86. The first-order valence-corrected chi connectivity index (χ1v) is 7.67. The molecule has 106 valence electrons. The molecule has 0 unspecified atom stereocenters. The first-order valence-electron chi connectivity index (χ1n) is 5.91. The average molecular weight is 311 g/mol. The molecule has 0 atom stereocenters. The number of hydrogen-bond acceptors (Lipinski definition) is 7. The number of amides is 1. The van der Waals surface area contributed by atoms with Crippen molar-refractivity contribution in [2.75, 3.05) is 6.61 Å². The van der Waals surface area contributed by atoms with Gasteiger partial charge in [0.2, 0.25) is 5.01 Å². The van der Waals surface area contributed by atoms with Crippen LogP contribution >= 0.6 is 22.7 Å². The van der Waals surface area contributed by atoms with E-state index in [-0.39, 0.29) is 23.2 Å². The number of thiazole rings is 2. The van der Waals surface area contributed by atoms with Crippen molar-refractivity contribution in [3.63, 3.8) is 0 Å². The quantitative estimate of drug-likeness (QED) is 0.854. The molecule has 1 amide bonds. The summed E-state index contributed by atoms with van der Waals surface area (Å²) in [5.74, 6) is -0.820. The Morgan fingerprint density at radius 1 is 1.40 bits per heavy atom. The molecule has 0 aliphatic rings. The van der Waals surface area contributed by atoms with Crippen LogP contribution in [-0.4, -0.2) is 28.5 Å². The Morgan fingerprint density at radius 2 is 2.20 bits per heavy atom. The van der Waals surface area contributed by atoms with Crippen molar-refractivity contribution in [2.45, 2.75) is 20.4 Å². The van der Waals surface area contributed by atoms with Crippen LogP contribution in [0, 0.1) is 6.92 Å². The second-order valence-electron chi connectivity index (χ2n) is 3.80. The second-order valence-corrected chi connectivity index (χ2v) is 5.60. The van der Waals surface area contributed by atoms with E-state index in [0.717, 1.165) is 21.9 Å². The van der Waals surface area contributed by atoms with Crippen LogP contribution in [0.1, 0.15) is 37.8 Å². The number of rotatable bonds is 5. The van der Waals surface area contributed by atoms with Gasteiger partial charge in [-0.15, -0.1) is 22.7 Å². The van der Waals surface area contributed by atoms with Crippen LogP contribution in [0.3, 0.4) is 0 Å². The molecule has 0 aliphatic carbocycles. The van der Waals surface area contributed by atoms with E-state index in [9.17, 15) is 9.59 Å². The minimum absolute atomic E-state index is 0.186. The Kier molecular flexibility index (Phi) is 4.80. The molecule has 0 spiro atoms. The smallest absolute Gasteiger partial charge is 0.367 e. The molecule has 2 heterocycles. The number of ether oxygens (including phenoxy) is 1. The minimum Gasteiger partial charge on any atom is -0.461 e. The Bertz CT molecular complexity index is 621. The van der Waals surface area contributed by atoms with Crippen LogP contribution in [-0.2, 0) is 11.3 Å². The lowest BCUT2D eigenvalue weighted by Crippen LogP contribution is -2.23. The Hall–Kier alpha value is -1.80. The van der Waals surface area contributed by atoms with E-state index in [4.69, 9.17) is 4.74 Å². The lowest BCUT2D eigenvalue weighted by Gasteiger charge is -2.01. The van der Waals surface area contributed by atoms with Crippen LogP contribution in [0.4, 0.5) is 0 Å². The minimum atomic E-state index is -0.505. The summed E-state index contributed by atoms with van der Waals surface area (Å²) in [6.07, 6.45) is 0. The highest BCUT2D eigenvalue weighted by Gasteiger charge is 2.16. The van der Waals surface area contributed by atoms with Gasteiger partial charge in [-0.05, 0) is 13.8 Å². The van der Waals surface area contributed by atoms with Gasteiger partial charge >= 0.3 is 5.97 Å². The molecular weight excluding hydrogens is 298 g/mol. The topological polar surface area (TPSA) is 81.2 Å². The maximum atomic E-state index is 11.9. The van der Waals surface area contributed by atoms with Gasteiger partial charge in [0, 0.05) is 10.3 Å². The molecule has 20 heavy (non-hydrogen) atoms. The number of carbonyl (C=O) groups excluding carboxylic acids is 2. The molecule has 2 aromatic heterocycles. The summed E-state index contributed by atoms with van der Waals surface area (Å²) in [6.45, 7) is 4.29. The third-order valence-corrected chi connectivity index (χ3v) is 4.20. The van der Waals surface area contributed by atoms with E-state index in [2.05, 4.69) is 15.3 Å². The maximum Gasteiger partial charge on any atom is 0.367 e. The van der Waals surface area contributed by atoms with Crippen molar-refractivity contribution >= 4 is 34.6 Å². The predicted octanol–water partition coefficient (Wildman–Crippen LogP) is 2.01. The Balaban J connectivity index is 1.96. The standard InChI is InChI=1S/C12H13N3O3S2/c1-3-18-12(17)11-15-8(5-19-11)10(16)13-4-9-7(2)14-6-20-9/h5-6H,3-4H2,1-2H3,(H,13,16). The van der Waals surface area contributed by atoms with Crippen molar-refractivity contribution in [1.29, 1.82) is 0 Å². The highest BCUT2D eigenvalue weighted by atomic mass is 32.1. The highest BCUT2D eigenvalue weighted by Crippen LogP contribution is 2.13. The van der Waals surface area contributed by atoms with Gasteiger partial charge in [-0.25, -0.2) is 14.8 Å². The number of nitrogens with zero attached hydrogens (tertiary/aromatic N) is 2. The number of nitrogens with one attached hydrogen (secondary N) is 1. The first-order chi connectivity index (χ1) is 9.61. The number of carbonyl (C=O) groups is 2. The molecule has 0 saturated carbocycles. The fourth-order valence-electron chi connectivity index (χ4n) is 1.41. The summed E-state index contributed by atoms with van der Waals surface area (Å²) in [4.78, 5) is 32.4. The van der Waals surface area contributed by atoms with Crippen LogP contribution in [0.15, 0.2) is 10.9 Å². The van der Waals surface area contributed by atoms with E-state index >= 15 is 0 Å². The Labute approximate surface area is 123 Å². The number of aromatic nitrogens is 2. The van der Waals surface area contributed by atoms with Gasteiger partial charge in [0.15, 0.2) is 0 Å². The summed E-state index contributed by atoms with van der Waals surface area (Å²) < 4.78 is 4.83. The predicted molar refractivity (Wildman–Crippen MR) is 76.1 cm³/mol. The molecule has 0 fully saturated rings. The molecule has 2 aromatic rings. The van der Waals surface area contributed by atoms with Gasteiger partial charge in [-0.1, -0.05) is 0 Å². The third-order valence-electron chi connectivity index (χ3n) is 2.44. The van der Waals surface area contributed by atoms with Crippen molar-refractivity contribution in [1.82, 2.24) is 15.3 Å². The molecule has 2 rings (SSSR count). The largest absolute Gasteiger partial charge is 0.461 e. The van der Waals surface area contributed by atoms with Crippen LogP contribution < -0.4 is 5.32 Å². The molecule has 0 bridgehead atoms. The zero-order valence-corrected chi connectivity index (χ0v) is 12.6.